The summed E-state index contributed by atoms with van der Waals surface area (Å²) in [5, 5.41) is -0.699. The quantitative estimate of drug-likeness (QED) is 0.121. The largest absolute Gasteiger partial charge is 0.471 e. The molecule has 4 aromatic rings. The zero-order valence-electron chi connectivity index (χ0n) is 26.4. The minimum absolute atomic E-state index is 0.110. The van der Waals surface area contributed by atoms with E-state index >= 15 is 4.39 Å². The lowest BCUT2D eigenvalue weighted by molar-refractivity contribution is -0.137. The molecular formula is C34H31F5N6O3S. The van der Waals surface area contributed by atoms with E-state index in [0.717, 1.165) is 50.9 Å². The average Bonchev–Trinajstić information content (AvgIpc) is 3.83. The van der Waals surface area contributed by atoms with Gasteiger partial charge in [0.1, 0.15) is 24.0 Å². The Kier molecular flexibility index (Phi) is 8.14. The van der Waals surface area contributed by atoms with Crippen molar-refractivity contribution in [3.05, 3.63) is 59.5 Å². The highest BCUT2D eigenvalue weighted by Crippen LogP contribution is 2.51. The molecule has 2 aromatic heterocycles. The Balaban J connectivity index is 1.43. The maximum Gasteiger partial charge on any atom is 0.417 e. The zero-order valence-corrected chi connectivity index (χ0v) is 27.2. The molecule has 256 valence electrons. The minimum atomic E-state index is -5.11. The van der Waals surface area contributed by atoms with E-state index in [1.54, 1.807) is 6.92 Å². The summed E-state index contributed by atoms with van der Waals surface area (Å²) in [7, 11) is 0. The van der Waals surface area contributed by atoms with E-state index in [0.29, 0.717) is 30.4 Å². The molecule has 9 nitrogen and oxygen atoms in total. The number of ether oxygens (including phenoxy) is 2. The van der Waals surface area contributed by atoms with Gasteiger partial charge in [0.15, 0.2) is 5.82 Å². The van der Waals surface area contributed by atoms with E-state index < -0.39 is 46.6 Å². The van der Waals surface area contributed by atoms with Crippen LogP contribution in [0.25, 0.3) is 37.0 Å². The third-order valence-corrected chi connectivity index (χ3v) is 11.1. The SMILES string of the molecule is [C-]#[N+]c1c(N)sc2c(F)ccc(-c3c(C(F)(F)F)cc4c(O[C@@H]5CCN(C(=O)C=C)[C@@H]5C)nc(OCC56CCCN5CCC6)nc4c3F)c12. The normalized spacial score (nSPS) is 20.6. The minimum Gasteiger partial charge on any atom is -0.471 e. The van der Waals surface area contributed by atoms with Gasteiger partial charge in [0.2, 0.25) is 17.5 Å². The molecule has 3 aliphatic heterocycles. The molecule has 1 amide bonds. The maximum atomic E-state index is 17.0. The molecule has 7 rings (SSSR count). The molecule has 2 aromatic carbocycles. The number of aromatic nitrogens is 2. The summed E-state index contributed by atoms with van der Waals surface area (Å²) in [6.45, 7) is 15.2. The molecule has 3 aliphatic rings. The summed E-state index contributed by atoms with van der Waals surface area (Å²) >= 11 is 0.695. The first kappa shape index (κ1) is 33.0. The maximum absolute atomic E-state index is 17.0. The molecule has 5 heterocycles. The first-order valence-electron chi connectivity index (χ1n) is 15.8. The fraction of sp³-hybridized carbons (Fsp3) is 0.412. The first-order chi connectivity index (χ1) is 23.4. The van der Waals surface area contributed by atoms with Crippen LogP contribution in [0.5, 0.6) is 11.9 Å². The number of benzene rings is 2. The number of carbonyl (C=O) groups is 1. The molecule has 0 aliphatic carbocycles. The predicted molar refractivity (Wildman–Crippen MR) is 175 cm³/mol. The van der Waals surface area contributed by atoms with Gasteiger partial charge in [-0.05, 0) is 69.5 Å². The average molecular weight is 699 g/mol. The molecular weight excluding hydrogens is 667 g/mol. The lowest BCUT2D eigenvalue weighted by Gasteiger charge is -2.31. The van der Waals surface area contributed by atoms with Crippen molar-refractivity contribution in [2.45, 2.75) is 62.9 Å². The number of carbonyl (C=O) groups excluding carboxylic acids is 1. The summed E-state index contributed by atoms with van der Waals surface area (Å²) in [4.78, 5) is 28.3. The number of thiophene rings is 1. The van der Waals surface area contributed by atoms with E-state index in [4.69, 9.17) is 21.8 Å². The Morgan fingerprint density at radius 2 is 1.96 bits per heavy atom. The molecule has 0 saturated carbocycles. The van der Waals surface area contributed by atoms with Crippen LogP contribution in [0.2, 0.25) is 0 Å². The van der Waals surface area contributed by atoms with E-state index in [1.165, 1.54) is 11.0 Å². The number of hydrogen-bond donors (Lipinski definition) is 1. The fourth-order valence-electron chi connectivity index (χ4n) is 7.61. The number of halogens is 5. The molecule has 3 fully saturated rings. The third-order valence-electron chi connectivity index (χ3n) is 10.0. The molecule has 0 unspecified atom stereocenters. The standard InChI is InChI=1S/C34H31F5N6O3S/c1-4-23(46)45-14-9-22(17(45)2)48-31-19-15-20(34(37,38)39)24(18-7-8-21(35)29-25(18)28(41-3)30(40)49-29)26(36)27(19)42-32(43-31)47-16-33-10-5-12-44(33)13-6-11-33/h4,7-8,15,17,22H,1,5-6,9-14,16,40H2,2H3/t17-,22-/m1/s1. The van der Waals surface area contributed by atoms with Crippen molar-refractivity contribution < 1.29 is 36.2 Å². The Bertz CT molecular complexity index is 2050. The van der Waals surface area contributed by atoms with Gasteiger partial charge in [-0.2, -0.15) is 23.1 Å². The monoisotopic (exact) mass is 698 g/mol. The van der Waals surface area contributed by atoms with Crippen LogP contribution < -0.4 is 15.2 Å². The molecule has 0 bridgehead atoms. The second-order valence-corrected chi connectivity index (χ2v) is 13.7. The molecule has 3 saturated heterocycles. The number of anilines is 1. The third kappa shape index (κ3) is 5.41. The van der Waals surface area contributed by atoms with Gasteiger partial charge >= 0.3 is 12.2 Å². The van der Waals surface area contributed by atoms with Gasteiger partial charge in [-0.25, -0.2) is 13.6 Å². The zero-order chi connectivity index (χ0) is 34.8. The van der Waals surface area contributed by atoms with Gasteiger partial charge in [0, 0.05) is 23.9 Å². The number of amides is 1. The predicted octanol–water partition coefficient (Wildman–Crippen LogP) is 7.50. The van der Waals surface area contributed by atoms with Gasteiger partial charge < -0.3 is 20.1 Å². The molecule has 2 N–H and O–H groups in total. The smallest absolute Gasteiger partial charge is 0.417 e. The lowest BCUT2D eigenvalue weighted by atomic mass is 9.93. The number of hydrogen-bond acceptors (Lipinski definition) is 8. The first-order valence-corrected chi connectivity index (χ1v) is 16.7. The van der Waals surface area contributed by atoms with Crippen LogP contribution >= 0.6 is 11.3 Å². The van der Waals surface area contributed by atoms with Crippen LogP contribution in [0.4, 0.5) is 32.6 Å². The Hall–Kier alpha value is -4.55. The van der Waals surface area contributed by atoms with Crippen LogP contribution in [-0.2, 0) is 11.0 Å². The van der Waals surface area contributed by atoms with Crippen molar-refractivity contribution in [1.82, 2.24) is 19.8 Å². The summed E-state index contributed by atoms with van der Waals surface area (Å²) in [6, 6.07) is 1.85. The van der Waals surface area contributed by atoms with Crippen molar-refractivity contribution in [2.24, 2.45) is 0 Å². The van der Waals surface area contributed by atoms with Gasteiger partial charge in [0.05, 0.1) is 38.8 Å². The summed E-state index contributed by atoms with van der Waals surface area (Å²) in [5.74, 6) is -2.85. The van der Waals surface area contributed by atoms with Gasteiger partial charge in [-0.15, -0.1) is 11.3 Å². The van der Waals surface area contributed by atoms with Crippen LogP contribution in [0.15, 0.2) is 30.9 Å². The fourth-order valence-corrected chi connectivity index (χ4v) is 8.55. The van der Waals surface area contributed by atoms with Crippen molar-refractivity contribution >= 4 is 48.9 Å². The second kappa shape index (κ2) is 12.1. The highest BCUT2D eigenvalue weighted by Gasteiger charge is 2.45. The Morgan fingerprint density at radius 1 is 1.22 bits per heavy atom. The molecule has 2 atom stereocenters. The van der Waals surface area contributed by atoms with Gasteiger partial charge in [-0.1, -0.05) is 12.6 Å². The highest BCUT2D eigenvalue weighted by atomic mass is 32.1. The van der Waals surface area contributed by atoms with Gasteiger partial charge in [-0.3, -0.25) is 9.69 Å². The molecule has 15 heteroatoms. The van der Waals surface area contributed by atoms with Crippen molar-refractivity contribution in [2.75, 3.05) is 32.0 Å². The second-order valence-electron chi connectivity index (χ2n) is 12.7. The summed E-state index contributed by atoms with van der Waals surface area (Å²) in [6.07, 6.45) is -0.565. The van der Waals surface area contributed by atoms with E-state index in [2.05, 4.69) is 26.3 Å². The van der Waals surface area contributed by atoms with Crippen molar-refractivity contribution in [3.63, 3.8) is 0 Å². The highest BCUT2D eigenvalue weighted by molar-refractivity contribution is 7.23. The van der Waals surface area contributed by atoms with Crippen LogP contribution in [0, 0.1) is 18.2 Å². The number of likely N-dealkylation sites (tertiary alicyclic amines) is 1. The van der Waals surface area contributed by atoms with Crippen LogP contribution in [0.3, 0.4) is 0 Å². The number of nitrogens with two attached hydrogens (primary N) is 1. The molecule has 0 spiro atoms. The number of fused-ring (bicyclic) bond motifs is 3. The Labute approximate surface area is 281 Å². The molecule has 0 radical (unpaired) electrons. The number of nitrogens with zero attached hydrogens (tertiary/aromatic N) is 5. The van der Waals surface area contributed by atoms with E-state index in [9.17, 15) is 22.4 Å². The van der Waals surface area contributed by atoms with Gasteiger partial charge in [0.25, 0.3) is 0 Å². The summed E-state index contributed by atoms with van der Waals surface area (Å²) < 4.78 is 88.7. The number of alkyl halides is 3. The lowest BCUT2D eigenvalue weighted by Crippen LogP contribution is -2.43. The van der Waals surface area contributed by atoms with Crippen molar-refractivity contribution in [3.8, 4) is 23.0 Å². The number of nitrogen functional groups attached to an aromatic ring is 1. The topological polar surface area (TPSA) is 98.2 Å². The van der Waals surface area contributed by atoms with Crippen LogP contribution in [0.1, 0.15) is 44.6 Å². The van der Waals surface area contributed by atoms with E-state index in [1.807, 2.05) is 0 Å². The Morgan fingerprint density at radius 3 is 2.63 bits per heavy atom. The number of rotatable bonds is 7. The van der Waals surface area contributed by atoms with Crippen LogP contribution in [-0.4, -0.2) is 69.6 Å². The molecule has 49 heavy (non-hydrogen) atoms. The van der Waals surface area contributed by atoms with E-state index in [-0.39, 0.29) is 61.7 Å². The summed E-state index contributed by atoms with van der Waals surface area (Å²) in [5.41, 5.74) is 2.24. The van der Waals surface area contributed by atoms with Crippen molar-refractivity contribution in [1.29, 1.82) is 0 Å².